The number of rotatable bonds is 6. The molecule has 0 radical (unpaired) electrons. The van der Waals surface area contributed by atoms with E-state index in [-0.39, 0.29) is 17.5 Å². The van der Waals surface area contributed by atoms with Gasteiger partial charge in [0.05, 0.1) is 28.1 Å². The van der Waals surface area contributed by atoms with Crippen LogP contribution < -0.4 is 36.8 Å². The van der Waals surface area contributed by atoms with Gasteiger partial charge in [0, 0.05) is 66.0 Å². The van der Waals surface area contributed by atoms with E-state index >= 15 is 0 Å². The number of aromatic nitrogens is 1. The number of anilines is 6. The molecule has 0 bridgehead atoms. The zero-order valence-electron chi connectivity index (χ0n) is 51.5. The largest absolute Gasteiger partial charge is 0.455 e. The van der Waals surface area contributed by atoms with Crippen molar-refractivity contribution in [3.05, 3.63) is 249 Å². The summed E-state index contributed by atoms with van der Waals surface area (Å²) >= 11 is 0. The maximum absolute atomic E-state index is 6.70. The van der Waals surface area contributed by atoms with Crippen LogP contribution in [0.2, 0.25) is 0 Å². The Morgan fingerprint density at radius 1 is 0.453 bits per heavy atom. The molecule has 3 aromatic heterocycles. The van der Waals surface area contributed by atoms with Crippen LogP contribution in [0.3, 0.4) is 0 Å². The Morgan fingerprint density at radius 3 is 1.63 bits per heavy atom. The highest BCUT2D eigenvalue weighted by Crippen LogP contribution is 2.51. The molecule has 0 N–H and O–H groups in total. The lowest BCUT2D eigenvalue weighted by Gasteiger charge is -2.46. The molecule has 420 valence electrons. The SMILES string of the molecule is C=C/C(c1cc(C)c(N2c3cc4c(cc3B3c5ccc(C(C)(C)C)cc5N(c5c(C)cc(-c6cccc7c6oc6ccccc67)cc5C)c5cc(C(C)(C)C)cc2c53)c2ccccc2n4-c2c(C)cccc2C)c(C)c1)=c1/oc2ccccc2c1=C. The zero-order chi connectivity index (χ0) is 59.6. The van der Waals surface area contributed by atoms with Crippen molar-refractivity contribution in [2.24, 2.45) is 0 Å². The van der Waals surface area contributed by atoms with Gasteiger partial charge < -0.3 is 23.2 Å². The monoisotopic (exact) mass is 1120 g/mol. The minimum Gasteiger partial charge on any atom is -0.455 e. The number of furan rings is 2. The van der Waals surface area contributed by atoms with Crippen LogP contribution in [0.1, 0.15) is 91.6 Å². The van der Waals surface area contributed by atoms with Gasteiger partial charge in [0.2, 0.25) is 0 Å². The molecular weight excluding hydrogens is 1050 g/mol. The molecule has 5 nitrogen and oxygen atoms in total. The van der Waals surface area contributed by atoms with E-state index < -0.39 is 0 Å². The van der Waals surface area contributed by atoms with Crippen molar-refractivity contribution in [1.29, 1.82) is 0 Å². The van der Waals surface area contributed by atoms with Gasteiger partial charge in [0.1, 0.15) is 22.2 Å². The highest BCUT2D eigenvalue weighted by atomic mass is 16.3. The molecule has 86 heavy (non-hydrogen) atoms. The second kappa shape index (κ2) is 19.0. The fraction of sp³-hybridized carbons (Fsp3) is 0.175. The third kappa shape index (κ3) is 7.84. The molecule has 0 saturated heterocycles. The fourth-order valence-electron chi connectivity index (χ4n) is 14.8. The lowest BCUT2D eigenvalue weighted by Crippen LogP contribution is -2.61. The van der Waals surface area contributed by atoms with E-state index in [1.165, 1.54) is 106 Å². The summed E-state index contributed by atoms with van der Waals surface area (Å²) in [5, 5.41) is 6.60. The molecule has 0 amide bonds. The molecule has 5 heterocycles. The predicted octanol–water partition coefficient (Wildman–Crippen LogP) is 18.4. The molecule has 2 aliphatic rings. The van der Waals surface area contributed by atoms with Gasteiger partial charge in [0.25, 0.3) is 6.71 Å². The summed E-state index contributed by atoms with van der Waals surface area (Å²) in [5.74, 6) is 0. The van der Waals surface area contributed by atoms with Crippen LogP contribution in [0.15, 0.2) is 197 Å². The molecule has 0 unspecified atom stereocenters. The number of hydrogen-bond donors (Lipinski definition) is 0. The molecule has 0 atom stereocenters. The Kier molecular flexibility index (Phi) is 11.8. The van der Waals surface area contributed by atoms with Crippen molar-refractivity contribution in [2.75, 3.05) is 9.80 Å². The highest BCUT2D eigenvalue weighted by Gasteiger charge is 2.46. The minimum absolute atomic E-state index is 0.120. The molecule has 13 aromatic rings. The maximum atomic E-state index is 6.70. The van der Waals surface area contributed by atoms with Crippen molar-refractivity contribution in [2.45, 2.75) is 93.9 Å². The lowest BCUT2D eigenvalue weighted by atomic mass is 9.33. The van der Waals surface area contributed by atoms with E-state index in [0.29, 0.717) is 0 Å². The molecular formula is C80H70BN3O2. The molecule has 0 fully saturated rings. The summed E-state index contributed by atoms with van der Waals surface area (Å²) in [4.78, 5) is 5.29. The second-order valence-corrected chi connectivity index (χ2v) is 26.5. The van der Waals surface area contributed by atoms with Crippen LogP contribution in [-0.2, 0) is 10.8 Å². The quantitative estimate of drug-likeness (QED) is 0.156. The Morgan fingerprint density at radius 2 is 1.00 bits per heavy atom. The Balaban J connectivity index is 1.05. The van der Waals surface area contributed by atoms with Crippen molar-refractivity contribution < 1.29 is 8.83 Å². The van der Waals surface area contributed by atoms with Crippen LogP contribution in [0.25, 0.3) is 83.7 Å². The minimum atomic E-state index is -0.232. The molecule has 10 aromatic carbocycles. The first-order valence-electron chi connectivity index (χ1n) is 30.3. The second-order valence-electron chi connectivity index (χ2n) is 26.5. The third-order valence-electron chi connectivity index (χ3n) is 18.9. The van der Waals surface area contributed by atoms with E-state index in [2.05, 4.69) is 268 Å². The number of nitrogens with zero attached hydrogens (tertiary/aromatic N) is 3. The Bertz CT molecular complexity index is 5160. The van der Waals surface area contributed by atoms with E-state index in [9.17, 15) is 0 Å². The standard InChI is InChI=1S/C80H70BN3O2/c1-15-56(77-51(8)57-26-17-20-32-71(57)85-77)52-36-47(4)76(48(5)37-52)84-68-44-66-62(59-27-16-19-31-65(59)82(66)74-45(2)24-22-25-46(74)3)43-64(68)81-63-35-34-54(79(9,10)11)40-67(63)83(69-41-55(80(12,13)14)42-70(84)73(69)81)75-49(6)38-53(39-50(75)7)58-29-23-30-61-60-28-18-21-33-72(60)86-78(58)61/h15-44H,1,8H2,2-7,9-14H3/b77-56-. The molecule has 15 rings (SSSR count). The van der Waals surface area contributed by atoms with Gasteiger partial charge in [0.15, 0.2) is 0 Å². The van der Waals surface area contributed by atoms with Crippen molar-refractivity contribution in [1.82, 2.24) is 4.57 Å². The summed E-state index contributed by atoms with van der Waals surface area (Å²) in [6.45, 7) is 36.6. The van der Waals surface area contributed by atoms with E-state index in [1.54, 1.807) is 0 Å². The molecule has 0 spiro atoms. The molecule has 6 heteroatoms. The first-order valence-corrected chi connectivity index (χ1v) is 30.3. The molecule has 0 aliphatic carbocycles. The summed E-state index contributed by atoms with van der Waals surface area (Å²) in [6, 6.07) is 65.8. The van der Waals surface area contributed by atoms with Gasteiger partial charge in [-0.3, -0.25) is 0 Å². The number of para-hydroxylation sites is 5. The number of aryl methyl sites for hydroxylation is 6. The van der Waals surface area contributed by atoms with Crippen LogP contribution >= 0.6 is 0 Å². The summed E-state index contributed by atoms with van der Waals surface area (Å²) < 4.78 is 15.9. The zero-order valence-corrected chi connectivity index (χ0v) is 51.5. The van der Waals surface area contributed by atoms with Crippen molar-refractivity contribution in [3.63, 3.8) is 0 Å². The van der Waals surface area contributed by atoms with Crippen molar-refractivity contribution >= 4 is 124 Å². The van der Waals surface area contributed by atoms with Gasteiger partial charge in [-0.05, 0) is 191 Å². The van der Waals surface area contributed by atoms with E-state index in [0.717, 1.165) is 82.6 Å². The number of hydrogen-bond acceptors (Lipinski definition) is 4. The topological polar surface area (TPSA) is 37.7 Å². The first-order chi connectivity index (χ1) is 41.3. The third-order valence-corrected chi connectivity index (χ3v) is 18.9. The number of benzene rings is 10. The fourth-order valence-corrected chi connectivity index (χ4v) is 14.8. The summed E-state index contributed by atoms with van der Waals surface area (Å²) in [6.07, 6.45) is 1.93. The van der Waals surface area contributed by atoms with Crippen LogP contribution in [0.5, 0.6) is 0 Å². The van der Waals surface area contributed by atoms with E-state index in [4.69, 9.17) is 8.83 Å². The van der Waals surface area contributed by atoms with Gasteiger partial charge in [-0.15, -0.1) is 0 Å². The average molecular weight is 1120 g/mol. The smallest absolute Gasteiger partial charge is 0.252 e. The Labute approximate surface area is 504 Å². The normalized spacial score (nSPS) is 13.6. The van der Waals surface area contributed by atoms with Crippen LogP contribution in [-0.4, -0.2) is 11.3 Å². The molecule has 0 saturated carbocycles. The van der Waals surface area contributed by atoms with Gasteiger partial charge in [-0.1, -0.05) is 170 Å². The summed E-state index contributed by atoms with van der Waals surface area (Å²) in [5.41, 5.74) is 31.4. The average Bonchev–Trinajstić information content (AvgIpc) is 0.854. The van der Waals surface area contributed by atoms with E-state index in [1.807, 2.05) is 24.3 Å². The number of allylic oxidation sites excluding steroid dienone is 1. The van der Waals surface area contributed by atoms with Gasteiger partial charge in [-0.2, -0.15) is 0 Å². The number of fused-ring (bicyclic) bond motifs is 11. The van der Waals surface area contributed by atoms with Crippen molar-refractivity contribution in [3.8, 4) is 16.8 Å². The first kappa shape index (κ1) is 53.2. The van der Waals surface area contributed by atoms with Crippen LogP contribution in [0, 0.1) is 41.5 Å². The highest BCUT2D eigenvalue weighted by molar-refractivity contribution is 7.00. The lowest BCUT2D eigenvalue weighted by molar-refractivity contribution is 0.573. The van der Waals surface area contributed by atoms with Crippen LogP contribution in [0.4, 0.5) is 34.1 Å². The van der Waals surface area contributed by atoms with Gasteiger partial charge in [-0.25, -0.2) is 0 Å². The predicted molar refractivity (Wildman–Crippen MR) is 367 cm³/mol. The maximum Gasteiger partial charge on any atom is 0.252 e. The Hall–Kier alpha value is -9.52. The van der Waals surface area contributed by atoms with Gasteiger partial charge >= 0.3 is 0 Å². The molecule has 2 aliphatic heterocycles. The summed E-state index contributed by atoms with van der Waals surface area (Å²) in [7, 11) is 0.